The predicted molar refractivity (Wildman–Crippen MR) is 45.8 cm³/mol. The Kier molecular flexibility index (Phi) is 3.50. The van der Waals surface area contributed by atoms with Gasteiger partial charge < -0.3 is 14.9 Å². The summed E-state index contributed by atoms with van der Waals surface area (Å²) in [4.78, 5) is 0. The second-order valence-corrected chi connectivity index (χ2v) is 3.53. The van der Waals surface area contributed by atoms with Crippen molar-refractivity contribution in [3.63, 3.8) is 0 Å². The molecule has 0 aliphatic carbocycles. The van der Waals surface area contributed by atoms with Crippen molar-refractivity contribution in [2.45, 2.75) is 45.0 Å². The summed E-state index contributed by atoms with van der Waals surface area (Å²) >= 11 is 0. The fraction of sp³-hybridized carbons (Fsp3) is 1.00. The molecule has 12 heavy (non-hydrogen) atoms. The third-order valence-corrected chi connectivity index (χ3v) is 2.61. The Morgan fingerprint density at radius 3 is 2.42 bits per heavy atom. The SMILES string of the molecule is CCCC1OC(CO)C(O)C1C. The van der Waals surface area contributed by atoms with Gasteiger partial charge in [-0.3, -0.25) is 0 Å². The van der Waals surface area contributed by atoms with Crippen LogP contribution in [-0.2, 0) is 4.74 Å². The van der Waals surface area contributed by atoms with E-state index in [9.17, 15) is 5.11 Å². The Morgan fingerprint density at radius 2 is 2.00 bits per heavy atom. The molecule has 1 aliphatic rings. The fourth-order valence-electron chi connectivity index (χ4n) is 1.75. The normalized spacial score (nSPS) is 42.0. The Balaban J connectivity index is 2.48. The zero-order valence-corrected chi connectivity index (χ0v) is 7.73. The lowest BCUT2D eigenvalue weighted by molar-refractivity contribution is -0.0238. The van der Waals surface area contributed by atoms with Gasteiger partial charge in [0.2, 0.25) is 0 Å². The summed E-state index contributed by atoms with van der Waals surface area (Å²) in [5, 5.41) is 18.4. The number of hydrogen-bond donors (Lipinski definition) is 2. The maximum absolute atomic E-state index is 9.57. The van der Waals surface area contributed by atoms with E-state index in [0.717, 1.165) is 12.8 Å². The minimum atomic E-state index is -0.494. The van der Waals surface area contributed by atoms with Crippen LogP contribution in [0.4, 0.5) is 0 Å². The molecule has 72 valence electrons. The molecule has 1 heterocycles. The third-order valence-electron chi connectivity index (χ3n) is 2.61. The van der Waals surface area contributed by atoms with Crippen LogP contribution >= 0.6 is 0 Å². The van der Waals surface area contributed by atoms with E-state index in [4.69, 9.17) is 9.84 Å². The van der Waals surface area contributed by atoms with Gasteiger partial charge in [0.15, 0.2) is 0 Å². The maximum Gasteiger partial charge on any atom is 0.107 e. The average Bonchev–Trinajstić information content (AvgIpc) is 2.33. The lowest BCUT2D eigenvalue weighted by atomic mass is 9.96. The highest BCUT2D eigenvalue weighted by Crippen LogP contribution is 2.29. The molecule has 1 aliphatic heterocycles. The number of aliphatic hydroxyl groups excluding tert-OH is 2. The summed E-state index contributed by atoms with van der Waals surface area (Å²) in [6, 6.07) is 0. The molecule has 3 heteroatoms. The Bertz CT molecular complexity index is 138. The Labute approximate surface area is 73.4 Å². The van der Waals surface area contributed by atoms with Gasteiger partial charge in [-0.05, 0) is 6.42 Å². The lowest BCUT2D eigenvalue weighted by Gasteiger charge is -2.13. The quantitative estimate of drug-likeness (QED) is 0.656. The van der Waals surface area contributed by atoms with Crippen LogP contribution in [0.5, 0.6) is 0 Å². The Morgan fingerprint density at radius 1 is 1.33 bits per heavy atom. The van der Waals surface area contributed by atoms with Crippen LogP contribution in [0, 0.1) is 5.92 Å². The highest BCUT2D eigenvalue weighted by atomic mass is 16.5. The summed E-state index contributed by atoms with van der Waals surface area (Å²) in [7, 11) is 0. The number of hydrogen-bond acceptors (Lipinski definition) is 3. The van der Waals surface area contributed by atoms with Gasteiger partial charge >= 0.3 is 0 Å². The first kappa shape index (κ1) is 9.96. The van der Waals surface area contributed by atoms with Gasteiger partial charge in [-0.2, -0.15) is 0 Å². The van der Waals surface area contributed by atoms with Gasteiger partial charge in [0.25, 0.3) is 0 Å². The van der Waals surface area contributed by atoms with Crippen LogP contribution in [0.2, 0.25) is 0 Å². The smallest absolute Gasteiger partial charge is 0.107 e. The molecule has 4 atom stereocenters. The van der Waals surface area contributed by atoms with Crippen LogP contribution in [0.15, 0.2) is 0 Å². The van der Waals surface area contributed by atoms with Crippen LogP contribution in [0.25, 0.3) is 0 Å². The van der Waals surface area contributed by atoms with E-state index in [1.165, 1.54) is 0 Å². The molecular formula is C9H18O3. The van der Waals surface area contributed by atoms with Crippen molar-refractivity contribution in [2.75, 3.05) is 6.61 Å². The molecule has 0 aromatic carbocycles. The minimum Gasteiger partial charge on any atom is -0.394 e. The Hall–Kier alpha value is -0.120. The van der Waals surface area contributed by atoms with Crippen LogP contribution in [0.1, 0.15) is 26.7 Å². The summed E-state index contributed by atoms with van der Waals surface area (Å²) < 4.78 is 5.48. The largest absolute Gasteiger partial charge is 0.394 e. The van der Waals surface area contributed by atoms with E-state index in [1.807, 2.05) is 6.92 Å². The summed E-state index contributed by atoms with van der Waals surface area (Å²) in [5.74, 6) is 0.155. The topological polar surface area (TPSA) is 49.7 Å². The molecular weight excluding hydrogens is 156 g/mol. The van der Waals surface area contributed by atoms with Gasteiger partial charge in [-0.1, -0.05) is 20.3 Å². The van der Waals surface area contributed by atoms with Gasteiger partial charge in [-0.25, -0.2) is 0 Å². The lowest BCUT2D eigenvalue weighted by Crippen LogP contribution is -2.28. The molecule has 1 saturated heterocycles. The zero-order valence-electron chi connectivity index (χ0n) is 7.73. The third kappa shape index (κ3) is 1.79. The van der Waals surface area contributed by atoms with E-state index >= 15 is 0 Å². The molecule has 0 aromatic rings. The monoisotopic (exact) mass is 174 g/mol. The molecule has 0 spiro atoms. The summed E-state index contributed by atoms with van der Waals surface area (Å²) in [6.07, 6.45) is 1.29. The van der Waals surface area contributed by atoms with Crippen molar-refractivity contribution in [3.05, 3.63) is 0 Å². The zero-order chi connectivity index (χ0) is 9.14. The van der Waals surface area contributed by atoms with Crippen LogP contribution in [0.3, 0.4) is 0 Å². The fourth-order valence-corrected chi connectivity index (χ4v) is 1.75. The van der Waals surface area contributed by atoms with Crippen LogP contribution < -0.4 is 0 Å². The van der Waals surface area contributed by atoms with Gasteiger partial charge in [0.05, 0.1) is 18.8 Å². The van der Waals surface area contributed by atoms with Gasteiger partial charge in [-0.15, -0.1) is 0 Å². The number of aliphatic hydroxyl groups is 2. The maximum atomic E-state index is 9.57. The number of ether oxygens (including phenoxy) is 1. The van der Waals surface area contributed by atoms with Crippen molar-refractivity contribution < 1.29 is 14.9 Å². The average molecular weight is 174 g/mol. The van der Waals surface area contributed by atoms with Crippen molar-refractivity contribution in [1.29, 1.82) is 0 Å². The highest BCUT2D eigenvalue weighted by molar-refractivity contribution is 4.87. The predicted octanol–water partition coefficient (Wildman–Crippen LogP) is 0.543. The summed E-state index contributed by atoms with van der Waals surface area (Å²) in [5.41, 5.74) is 0. The van der Waals surface area contributed by atoms with E-state index in [1.54, 1.807) is 0 Å². The van der Waals surface area contributed by atoms with E-state index < -0.39 is 6.10 Å². The number of rotatable bonds is 3. The molecule has 3 nitrogen and oxygen atoms in total. The van der Waals surface area contributed by atoms with Crippen molar-refractivity contribution in [2.24, 2.45) is 5.92 Å². The van der Waals surface area contributed by atoms with Crippen LogP contribution in [-0.4, -0.2) is 35.1 Å². The van der Waals surface area contributed by atoms with E-state index in [-0.39, 0.29) is 24.7 Å². The molecule has 1 fully saturated rings. The van der Waals surface area contributed by atoms with E-state index in [2.05, 4.69) is 6.92 Å². The van der Waals surface area contributed by atoms with Gasteiger partial charge in [0.1, 0.15) is 6.10 Å². The van der Waals surface area contributed by atoms with Crippen molar-refractivity contribution in [1.82, 2.24) is 0 Å². The standard InChI is InChI=1S/C9H18O3/c1-3-4-7-6(2)9(11)8(5-10)12-7/h6-11H,3-5H2,1-2H3. The first-order chi connectivity index (χ1) is 5.70. The molecule has 0 saturated carbocycles. The molecule has 0 radical (unpaired) electrons. The molecule has 4 unspecified atom stereocenters. The van der Waals surface area contributed by atoms with Crippen molar-refractivity contribution >= 4 is 0 Å². The first-order valence-electron chi connectivity index (χ1n) is 4.65. The molecule has 0 amide bonds. The minimum absolute atomic E-state index is 0.0777. The highest BCUT2D eigenvalue weighted by Gasteiger charge is 2.39. The van der Waals surface area contributed by atoms with E-state index in [0.29, 0.717) is 0 Å². The second-order valence-electron chi connectivity index (χ2n) is 3.53. The summed E-state index contributed by atoms with van der Waals surface area (Å²) in [6.45, 7) is 3.99. The van der Waals surface area contributed by atoms with Crippen molar-refractivity contribution in [3.8, 4) is 0 Å². The molecule has 2 N–H and O–H groups in total. The molecule has 1 rings (SSSR count). The first-order valence-corrected chi connectivity index (χ1v) is 4.65. The molecule has 0 bridgehead atoms. The second kappa shape index (κ2) is 4.21. The van der Waals surface area contributed by atoms with Gasteiger partial charge in [0, 0.05) is 5.92 Å². The molecule has 0 aromatic heterocycles.